The first-order valence-corrected chi connectivity index (χ1v) is 5.55. The third-order valence-electron chi connectivity index (χ3n) is 1.99. The summed E-state index contributed by atoms with van der Waals surface area (Å²) in [6.07, 6.45) is 0. The second kappa shape index (κ2) is 4.73. The summed E-state index contributed by atoms with van der Waals surface area (Å²) in [6.45, 7) is 1.69. The van der Waals surface area contributed by atoms with E-state index in [2.05, 4.69) is 15.5 Å². The molecule has 2 aromatic rings. The highest BCUT2D eigenvalue weighted by Crippen LogP contribution is 2.17. The second-order valence-electron chi connectivity index (χ2n) is 3.33. The molecule has 0 atom stereocenters. The lowest BCUT2D eigenvalue weighted by Crippen LogP contribution is -2.13. The predicted octanol–water partition coefficient (Wildman–Crippen LogP) is 2.52. The second-order valence-corrected chi connectivity index (χ2v) is 4.52. The van der Waals surface area contributed by atoms with Gasteiger partial charge in [0.05, 0.1) is 0 Å². The first kappa shape index (κ1) is 12.5. The zero-order valence-corrected chi connectivity index (χ0v) is 9.82. The molecule has 0 saturated heterocycles. The predicted molar refractivity (Wildman–Crippen MR) is 58.9 cm³/mol. The van der Waals surface area contributed by atoms with Gasteiger partial charge in [0.1, 0.15) is 5.01 Å². The number of amides is 1. The maximum absolute atomic E-state index is 12.9. The van der Waals surface area contributed by atoms with Crippen LogP contribution in [-0.4, -0.2) is 16.1 Å². The Morgan fingerprint density at radius 3 is 2.33 bits per heavy atom. The van der Waals surface area contributed by atoms with Crippen molar-refractivity contribution in [2.45, 2.75) is 6.92 Å². The number of aryl methyl sites for hydroxylation is 1. The maximum atomic E-state index is 12.9. The average Bonchev–Trinajstić information content (AvgIpc) is 2.71. The topological polar surface area (TPSA) is 54.9 Å². The van der Waals surface area contributed by atoms with Gasteiger partial charge in [-0.3, -0.25) is 10.1 Å². The van der Waals surface area contributed by atoms with Gasteiger partial charge in [-0.1, -0.05) is 11.3 Å². The summed E-state index contributed by atoms with van der Waals surface area (Å²) in [5, 5.41) is 10.4. The van der Waals surface area contributed by atoms with Crippen molar-refractivity contribution in [1.29, 1.82) is 0 Å². The normalized spacial score (nSPS) is 10.4. The van der Waals surface area contributed by atoms with Crippen molar-refractivity contribution in [3.05, 3.63) is 40.2 Å². The lowest BCUT2D eigenvalue weighted by atomic mass is 10.2. The van der Waals surface area contributed by atoms with E-state index in [4.69, 9.17) is 0 Å². The highest BCUT2D eigenvalue weighted by Gasteiger charge is 2.16. The zero-order valence-electron chi connectivity index (χ0n) is 9.00. The number of rotatable bonds is 2. The highest BCUT2D eigenvalue weighted by atomic mass is 32.1. The van der Waals surface area contributed by atoms with E-state index in [-0.39, 0.29) is 10.7 Å². The molecule has 0 radical (unpaired) electrons. The monoisotopic (exact) mass is 273 g/mol. The molecule has 18 heavy (non-hydrogen) atoms. The van der Waals surface area contributed by atoms with E-state index in [9.17, 15) is 18.0 Å². The van der Waals surface area contributed by atoms with Gasteiger partial charge < -0.3 is 0 Å². The zero-order chi connectivity index (χ0) is 13.3. The number of hydrogen-bond donors (Lipinski definition) is 1. The molecule has 4 nitrogen and oxygen atoms in total. The van der Waals surface area contributed by atoms with Crippen molar-refractivity contribution in [3.63, 3.8) is 0 Å². The largest absolute Gasteiger partial charge is 0.296 e. The fraction of sp³-hybridized carbons (Fsp3) is 0.100. The van der Waals surface area contributed by atoms with Gasteiger partial charge in [0, 0.05) is 5.56 Å². The Morgan fingerprint density at radius 1 is 1.22 bits per heavy atom. The lowest BCUT2D eigenvalue weighted by Gasteiger charge is -2.02. The van der Waals surface area contributed by atoms with Crippen LogP contribution in [0.2, 0.25) is 0 Å². The summed E-state index contributed by atoms with van der Waals surface area (Å²) in [7, 11) is 0. The summed E-state index contributed by atoms with van der Waals surface area (Å²) < 4.78 is 38.5. The number of carbonyl (C=O) groups is 1. The van der Waals surface area contributed by atoms with Gasteiger partial charge in [0.2, 0.25) is 5.13 Å². The first-order valence-electron chi connectivity index (χ1n) is 4.73. The molecule has 0 unspecified atom stereocenters. The molecular formula is C10H6F3N3OS. The number of hydrogen-bond acceptors (Lipinski definition) is 4. The van der Waals surface area contributed by atoms with Crippen LogP contribution in [-0.2, 0) is 0 Å². The van der Waals surface area contributed by atoms with E-state index in [1.165, 1.54) is 0 Å². The Bertz CT molecular complexity index is 591. The minimum atomic E-state index is -1.61. The van der Waals surface area contributed by atoms with E-state index in [0.717, 1.165) is 11.3 Å². The van der Waals surface area contributed by atoms with Crippen molar-refractivity contribution in [3.8, 4) is 0 Å². The van der Waals surface area contributed by atoms with Crippen molar-refractivity contribution in [2.24, 2.45) is 0 Å². The smallest absolute Gasteiger partial charge is 0.257 e. The summed E-state index contributed by atoms with van der Waals surface area (Å²) in [4.78, 5) is 11.6. The Balaban J connectivity index is 2.24. The van der Waals surface area contributed by atoms with E-state index in [0.29, 0.717) is 17.1 Å². The maximum Gasteiger partial charge on any atom is 0.257 e. The van der Waals surface area contributed by atoms with Crippen molar-refractivity contribution >= 4 is 22.4 Å². The summed E-state index contributed by atoms with van der Waals surface area (Å²) >= 11 is 1.11. The Labute approximate surface area is 103 Å². The van der Waals surface area contributed by atoms with E-state index >= 15 is 0 Å². The number of nitrogens with zero attached hydrogens (tertiary/aromatic N) is 2. The Hall–Kier alpha value is -1.96. The molecule has 1 heterocycles. The van der Waals surface area contributed by atoms with Gasteiger partial charge in [0.25, 0.3) is 5.91 Å². The number of anilines is 1. The minimum absolute atomic E-state index is 0.197. The molecule has 0 fully saturated rings. The first-order chi connectivity index (χ1) is 8.47. The van der Waals surface area contributed by atoms with Crippen LogP contribution < -0.4 is 5.32 Å². The molecule has 1 N–H and O–H groups in total. The molecule has 94 valence electrons. The summed E-state index contributed by atoms with van der Waals surface area (Å²) in [5.41, 5.74) is -0.334. The molecular weight excluding hydrogens is 267 g/mol. The Kier molecular flexibility index (Phi) is 3.28. The van der Waals surface area contributed by atoms with Crippen molar-refractivity contribution in [1.82, 2.24) is 10.2 Å². The number of halogens is 3. The molecule has 8 heteroatoms. The van der Waals surface area contributed by atoms with Gasteiger partial charge in [-0.15, -0.1) is 10.2 Å². The number of nitrogens with one attached hydrogen (secondary N) is 1. The van der Waals surface area contributed by atoms with Gasteiger partial charge in [-0.2, -0.15) is 0 Å². The fourth-order valence-electron chi connectivity index (χ4n) is 1.20. The number of aromatic nitrogens is 2. The number of benzene rings is 1. The minimum Gasteiger partial charge on any atom is -0.296 e. The summed E-state index contributed by atoms with van der Waals surface area (Å²) in [5.74, 6) is -5.25. The van der Waals surface area contributed by atoms with E-state index < -0.39 is 23.4 Å². The third-order valence-corrected chi connectivity index (χ3v) is 2.75. The molecule has 1 aromatic heterocycles. The van der Waals surface area contributed by atoms with Crippen LogP contribution >= 0.6 is 11.3 Å². The standard InChI is InChI=1S/C10H6F3N3OS/c1-4-15-16-10(18-4)14-9(17)5-2-6(11)8(13)7(12)3-5/h2-3H,1H3,(H,14,16,17). The highest BCUT2D eigenvalue weighted by molar-refractivity contribution is 7.15. The molecule has 2 rings (SSSR count). The van der Waals surface area contributed by atoms with E-state index in [1.807, 2.05) is 0 Å². The fourth-order valence-corrected chi connectivity index (χ4v) is 1.79. The average molecular weight is 273 g/mol. The van der Waals surface area contributed by atoms with Gasteiger partial charge in [-0.05, 0) is 19.1 Å². The van der Waals surface area contributed by atoms with Gasteiger partial charge in [0.15, 0.2) is 17.5 Å². The van der Waals surface area contributed by atoms with Crippen LogP contribution in [0, 0.1) is 24.4 Å². The molecule has 1 aromatic carbocycles. The quantitative estimate of drug-likeness (QED) is 0.855. The van der Waals surface area contributed by atoms with Crippen LogP contribution in [0.3, 0.4) is 0 Å². The van der Waals surface area contributed by atoms with Crippen molar-refractivity contribution in [2.75, 3.05) is 5.32 Å². The van der Waals surface area contributed by atoms with Crippen molar-refractivity contribution < 1.29 is 18.0 Å². The van der Waals surface area contributed by atoms with Crippen LogP contribution in [0.5, 0.6) is 0 Å². The SMILES string of the molecule is Cc1nnc(NC(=O)c2cc(F)c(F)c(F)c2)s1. The van der Waals surface area contributed by atoms with Gasteiger partial charge >= 0.3 is 0 Å². The molecule has 0 bridgehead atoms. The lowest BCUT2D eigenvalue weighted by molar-refractivity contribution is 0.102. The van der Waals surface area contributed by atoms with Crippen LogP contribution in [0.15, 0.2) is 12.1 Å². The molecule has 1 amide bonds. The number of carbonyl (C=O) groups excluding carboxylic acids is 1. The van der Waals surface area contributed by atoms with E-state index in [1.54, 1.807) is 6.92 Å². The molecule has 0 spiro atoms. The molecule has 0 aliphatic carbocycles. The van der Waals surface area contributed by atoms with Crippen LogP contribution in [0.1, 0.15) is 15.4 Å². The van der Waals surface area contributed by atoms with Crippen LogP contribution in [0.25, 0.3) is 0 Å². The molecule has 0 saturated carbocycles. The Morgan fingerprint density at radius 2 is 1.83 bits per heavy atom. The van der Waals surface area contributed by atoms with Gasteiger partial charge in [-0.25, -0.2) is 13.2 Å². The van der Waals surface area contributed by atoms with Crippen LogP contribution in [0.4, 0.5) is 18.3 Å². The molecule has 0 aliphatic heterocycles. The summed E-state index contributed by atoms with van der Waals surface area (Å²) in [6, 6.07) is 1.23. The third kappa shape index (κ3) is 2.48. The molecule has 0 aliphatic rings.